The van der Waals surface area contributed by atoms with Gasteiger partial charge < -0.3 is 0 Å². The van der Waals surface area contributed by atoms with Gasteiger partial charge in [0.05, 0.1) is 0 Å². The maximum absolute atomic E-state index is 8.71. The minimum atomic E-state index is -0.229. The molecule has 1 nitrogen and oxygen atoms in total. The van der Waals surface area contributed by atoms with E-state index in [1.54, 1.807) is 0 Å². The van der Waals surface area contributed by atoms with Gasteiger partial charge in [0.1, 0.15) is 0 Å². The Morgan fingerprint density at radius 2 is 1.60 bits per heavy atom. The van der Waals surface area contributed by atoms with Gasteiger partial charge >= 0.3 is 27.5 Å². The average molecular weight is 311 g/mol. The van der Waals surface area contributed by atoms with Crippen molar-refractivity contribution in [2.45, 2.75) is 0 Å². The van der Waals surface area contributed by atoms with Crippen molar-refractivity contribution in [1.29, 1.82) is 0 Å². The summed E-state index contributed by atoms with van der Waals surface area (Å²) in [6, 6.07) is 0. The first-order valence-corrected chi connectivity index (χ1v) is 2.24. The van der Waals surface area contributed by atoms with E-state index in [0.29, 0.717) is 0 Å². The summed E-state index contributed by atoms with van der Waals surface area (Å²) in [7, 11) is 3.81. The Bertz CT molecular complexity index is 32.6. The molecule has 5 heavy (non-hydrogen) atoms. The van der Waals surface area contributed by atoms with Crippen molar-refractivity contribution in [3.8, 4) is 0 Å². The van der Waals surface area contributed by atoms with Crippen LogP contribution in [0.1, 0.15) is 0 Å². The summed E-state index contributed by atoms with van der Waals surface area (Å²) in [4.78, 5) is 0. The molecule has 0 aliphatic rings. The van der Waals surface area contributed by atoms with Crippen LogP contribution in [-0.4, -0.2) is 0 Å². The Kier molecular flexibility index (Phi) is 50.5. The quantitative estimate of drug-likeness (QED) is 0.607. The summed E-state index contributed by atoms with van der Waals surface area (Å²) in [6.07, 6.45) is 0. The summed E-state index contributed by atoms with van der Waals surface area (Å²) in [5.41, 5.74) is 0. The fourth-order valence-electron chi connectivity index (χ4n) is 0. The van der Waals surface area contributed by atoms with E-state index in [-0.39, 0.29) is 71.8 Å². The van der Waals surface area contributed by atoms with Gasteiger partial charge in [0.15, 0.2) is 0 Å². The molecule has 1 radical (unpaired) electrons. The molecule has 0 aromatic heterocycles. The van der Waals surface area contributed by atoms with Crippen LogP contribution in [0.4, 0.5) is 0 Å². The second-order valence-corrected chi connectivity index (χ2v) is 0.687. The third kappa shape index (κ3) is 21.4. The molecule has 0 bridgehead atoms. The first kappa shape index (κ1) is 15.7. The van der Waals surface area contributed by atoms with E-state index in [4.69, 9.17) is 3.87 Å². The SMILES string of the molecule is [Ce].[Cu].[O]=[Co]=[S]. The molecule has 36 valence electrons. The van der Waals surface area contributed by atoms with E-state index in [1.807, 2.05) is 0 Å². The molecule has 0 spiro atoms. The van der Waals surface area contributed by atoms with Gasteiger partial charge in [0, 0.05) is 58.8 Å². The van der Waals surface area contributed by atoms with E-state index in [2.05, 4.69) is 10.6 Å². The van der Waals surface area contributed by atoms with Gasteiger partial charge in [0.2, 0.25) is 0 Å². The normalized spacial score (nSPS) is 3.20. The first-order valence-electron chi connectivity index (χ1n) is 0.272. The van der Waals surface area contributed by atoms with Crippen LogP contribution in [0.25, 0.3) is 0 Å². The van der Waals surface area contributed by atoms with Crippen LogP contribution < -0.4 is 0 Å². The second-order valence-electron chi connectivity index (χ2n) is 0.0556. The molecule has 0 aliphatic carbocycles. The second kappa shape index (κ2) is 16.1. The molecule has 0 aromatic carbocycles. The number of hydrogen-bond acceptors (Lipinski definition) is 2. The van der Waals surface area contributed by atoms with E-state index < -0.39 is 0 Å². The van der Waals surface area contributed by atoms with Crippen LogP contribution >= 0.6 is 10.6 Å². The fourth-order valence-corrected chi connectivity index (χ4v) is 0. The summed E-state index contributed by atoms with van der Waals surface area (Å²) < 4.78 is 8.71. The average Bonchev–Trinajstić information content (AvgIpc) is 0.918. The van der Waals surface area contributed by atoms with Gasteiger partial charge in [-0.05, 0) is 0 Å². The minimum absolute atomic E-state index is 0. The molecule has 0 N–H and O–H groups in total. The Labute approximate surface area is 84.6 Å². The van der Waals surface area contributed by atoms with E-state index in [9.17, 15) is 0 Å². The molecular formula is CeCoCuOS. The summed E-state index contributed by atoms with van der Waals surface area (Å²) in [6.45, 7) is 0. The third-order valence-electron chi connectivity index (χ3n) is 0. The van der Waals surface area contributed by atoms with E-state index in [1.165, 1.54) is 0 Å². The Morgan fingerprint density at radius 3 is 1.60 bits per heavy atom. The van der Waals surface area contributed by atoms with Crippen LogP contribution in [0.2, 0.25) is 0 Å². The molecule has 0 aromatic rings. The van der Waals surface area contributed by atoms with Gasteiger partial charge in [-0.3, -0.25) is 0 Å². The number of rotatable bonds is 0. The van der Waals surface area contributed by atoms with E-state index in [0.717, 1.165) is 0 Å². The standard InChI is InChI=1S/Ce.Co.Cu.O.S. The van der Waals surface area contributed by atoms with Crippen LogP contribution in [0.15, 0.2) is 0 Å². The van der Waals surface area contributed by atoms with Gasteiger partial charge in [-0.2, -0.15) is 0 Å². The molecule has 0 unspecified atom stereocenters. The molecule has 0 saturated carbocycles. The zero-order valence-electron chi connectivity index (χ0n) is 1.95. The topological polar surface area (TPSA) is 17.1 Å². The van der Waals surface area contributed by atoms with Crippen LogP contribution in [0.5, 0.6) is 0 Å². The van der Waals surface area contributed by atoms with Crippen LogP contribution in [0, 0.1) is 41.7 Å². The predicted molar refractivity (Wildman–Crippen MR) is 8.28 cm³/mol. The van der Waals surface area contributed by atoms with Crippen molar-refractivity contribution in [1.82, 2.24) is 0 Å². The molecule has 0 saturated heterocycles. The zero-order chi connectivity index (χ0) is 2.71. The molecule has 0 heterocycles. The Morgan fingerprint density at radius 1 is 1.60 bits per heavy atom. The number of hydrogen-bond donors (Lipinski definition) is 0. The van der Waals surface area contributed by atoms with Gasteiger partial charge in [-0.1, -0.05) is 0 Å². The third-order valence-corrected chi connectivity index (χ3v) is 0. The van der Waals surface area contributed by atoms with Crippen molar-refractivity contribution in [2.24, 2.45) is 0 Å². The fraction of sp³-hybridized carbons (Fsp3) is 0. The zero-order valence-corrected chi connectivity index (χ0v) is 7.89. The maximum atomic E-state index is 8.71. The molecule has 0 atom stereocenters. The first-order chi connectivity index (χ1) is 1.41. The van der Waals surface area contributed by atoms with Gasteiger partial charge in [-0.15, -0.1) is 0 Å². The summed E-state index contributed by atoms with van der Waals surface area (Å²) >= 11 is -0.229. The monoisotopic (exact) mass is 310 g/mol. The van der Waals surface area contributed by atoms with Crippen molar-refractivity contribution < 1.29 is 75.7 Å². The summed E-state index contributed by atoms with van der Waals surface area (Å²) in [5.74, 6) is 0. The Hall–Kier alpha value is 2.42. The van der Waals surface area contributed by atoms with Crippen LogP contribution in [-0.2, 0) is 33.9 Å². The van der Waals surface area contributed by atoms with Crippen LogP contribution in [0.3, 0.4) is 0 Å². The van der Waals surface area contributed by atoms with E-state index >= 15 is 0 Å². The summed E-state index contributed by atoms with van der Waals surface area (Å²) in [5, 5.41) is 0. The predicted octanol–water partition coefficient (Wildman–Crippen LogP) is 0.524. The molecule has 0 rings (SSSR count). The Balaban J connectivity index is -0.0000000200. The van der Waals surface area contributed by atoms with Crippen molar-refractivity contribution >= 4 is 10.6 Å². The molecule has 5 heteroatoms. The van der Waals surface area contributed by atoms with Crippen molar-refractivity contribution in [2.75, 3.05) is 0 Å². The molecule has 0 amide bonds. The van der Waals surface area contributed by atoms with Gasteiger partial charge in [-0.25, -0.2) is 0 Å². The van der Waals surface area contributed by atoms with Crippen molar-refractivity contribution in [3.05, 3.63) is 0 Å². The molecule has 0 fully saturated rings. The molecule has 0 aliphatic heterocycles. The van der Waals surface area contributed by atoms with Crippen molar-refractivity contribution in [3.63, 3.8) is 0 Å². The van der Waals surface area contributed by atoms with Gasteiger partial charge in [0.25, 0.3) is 0 Å². The molecular weight excluding hydrogens is 311 g/mol.